The number of nitrogens with zero attached hydrogens (tertiary/aromatic N) is 2. The molecule has 33 heavy (non-hydrogen) atoms. The van der Waals surface area contributed by atoms with Crippen LogP contribution in [0.1, 0.15) is 53.7 Å². The van der Waals surface area contributed by atoms with E-state index in [1.807, 2.05) is 0 Å². The van der Waals surface area contributed by atoms with Crippen molar-refractivity contribution in [3.8, 4) is 28.9 Å². The van der Waals surface area contributed by atoms with Gasteiger partial charge < -0.3 is 19.3 Å². The van der Waals surface area contributed by atoms with Crippen LogP contribution in [0.5, 0.6) is 11.5 Å². The van der Waals surface area contributed by atoms with E-state index in [1.54, 1.807) is 38.5 Å². The second kappa shape index (κ2) is 8.91. The summed E-state index contributed by atoms with van der Waals surface area (Å²) in [6.07, 6.45) is 2.84. The van der Waals surface area contributed by atoms with Crippen LogP contribution in [-0.2, 0) is 12.8 Å². The molecular formula is C25H27N3O4S. The maximum atomic E-state index is 12.9. The maximum absolute atomic E-state index is 12.9. The Morgan fingerprint density at radius 3 is 2.67 bits per heavy atom. The fourth-order valence-corrected chi connectivity index (χ4v) is 5.48. The van der Waals surface area contributed by atoms with E-state index in [1.165, 1.54) is 16.2 Å². The number of rotatable bonds is 5. The number of fused-ring (bicyclic) bond motifs is 1. The van der Waals surface area contributed by atoms with E-state index in [-0.39, 0.29) is 11.1 Å². The Kier molecular flexibility index (Phi) is 6.17. The number of thiophene rings is 1. The predicted molar refractivity (Wildman–Crippen MR) is 127 cm³/mol. The molecule has 7 nitrogen and oxygen atoms in total. The first kappa shape index (κ1) is 22.9. The van der Waals surface area contributed by atoms with Crippen LogP contribution in [0.4, 0.5) is 5.00 Å². The summed E-state index contributed by atoms with van der Waals surface area (Å²) >= 11 is 1.50. The molecule has 3 aromatic rings. The molecule has 1 aliphatic carbocycles. The molecule has 1 N–H and O–H groups in total. The Labute approximate surface area is 197 Å². The number of ether oxygens (including phenoxy) is 2. The van der Waals surface area contributed by atoms with Gasteiger partial charge in [-0.3, -0.25) is 4.79 Å². The van der Waals surface area contributed by atoms with E-state index >= 15 is 0 Å². The molecule has 0 radical (unpaired) electrons. The van der Waals surface area contributed by atoms with Crippen LogP contribution >= 0.6 is 11.3 Å². The van der Waals surface area contributed by atoms with Crippen molar-refractivity contribution in [2.75, 3.05) is 19.5 Å². The molecule has 1 unspecified atom stereocenters. The number of nitriles is 1. The molecule has 1 atom stereocenters. The first-order chi connectivity index (χ1) is 15.7. The van der Waals surface area contributed by atoms with Gasteiger partial charge in [-0.05, 0) is 54.4 Å². The van der Waals surface area contributed by atoms with Crippen molar-refractivity contribution in [2.45, 2.75) is 40.0 Å². The maximum Gasteiger partial charge on any atom is 0.278 e. The van der Waals surface area contributed by atoms with Gasteiger partial charge in [0, 0.05) is 16.5 Å². The van der Waals surface area contributed by atoms with Crippen molar-refractivity contribution < 1.29 is 18.8 Å². The van der Waals surface area contributed by atoms with Crippen LogP contribution in [-0.4, -0.2) is 25.3 Å². The number of carbonyl (C=O) groups excluding carboxylic acids is 1. The Morgan fingerprint density at radius 2 is 2.00 bits per heavy atom. The number of carbonyl (C=O) groups is 1. The largest absolute Gasteiger partial charge is 0.493 e. The van der Waals surface area contributed by atoms with E-state index in [2.05, 4.69) is 37.3 Å². The molecule has 0 saturated carbocycles. The van der Waals surface area contributed by atoms with E-state index in [4.69, 9.17) is 14.0 Å². The minimum absolute atomic E-state index is 0.141. The number of amides is 1. The lowest BCUT2D eigenvalue weighted by Crippen LogP contribution is -2.26. The molecule has 0 aliphatic heterocycles. The lowest BCUT2D eigenvalue weighted by molar-refractivity contribution is 0.101. The van der Waals surface area contributed by atoms with Crippen LogP contribution in [0.15, 0.2) is 28.8 Å². The topological polar surface area (TPSA) is 97.4 Å². The minimum atomic E-state index is -0.409. The summed E-state index contributed by atoms with van der Waals surface area (Å²) in [7, 11) is 3.12. The highest BCUT2D eigenvalue weighted by atomic mass is 32.1. The van der Waals surface area contributed by atoms with Crippen molar-refractivity contribution in [1.29, 1.82) is 5.26 Å². The molecule has 0 spiro atoms. The second-order valence-electron chi connectivity index (χ2n) is 9.23. The first-order valence-electron chi connectivity index (χ1n) is 10.8. The third kappa shape index (κ3) is 4.46. The SMILES string of the molecule is COc1ccc(-c2cc(C(=O)Nc3sc4c(c3C#N)CCC(C(C)(C)C)C4)no2)cc1OC. The van der Waals surface area contributed by atoms with Gasteiger partial charge >= 0.3 is 0 Å². The molecular weight excluding hydrogens is 438 g/mol. The Hall–Kier alpha value is -3.31. The van der Waals surface area contributed by atoms with Gasteiger partial charge in [0.05, 0.1) is 19.8 Å². The van der Waals surface area contributed by atoms with Gasteiger partial charge in [-0.25, -0.2) is 0 Å². The van der Waals surface area contributed by atoms with Crippen LogP contribution < -0.4 is 14.8 Å². The van der Waals surface area contributed by atoms with Gasteiger partial charge in [0.2, 0.25) is 0 Å². The zero-order chi connectivity index (χ0) is 23.8. The van der Waals surface area contributed by atoms with E-state index in [0.717, 1.165) is 24.8 Å². The van der Waals surface area contributed by atoms with Crippen molar-refractivity contribution >= 4 is 22.2 Å². The van der Waals surface area contributed by atoms with E-state index < -0.39 is 5.91 Å². The molecule has 0 fully saturated rings. The van der Waals surface area contributed by atoms with Crippen molar-refractivity contribution in [1.82, 2.24) is 5.16 Å². The smallest absolute Gasteiger partial charge is 0.278 e. The number of aromatic nitrogens is 1. The third-order valence-corrected chi connectivity index (χ3v) is 7.41. The number of benzene rings is 1. The number of hydrogen-bond donors (Lipinski definition) is 1. The zero-order valence-corrected chi connectivity index (χ0v) is 20.3. The van der Waals surface area contributed by atoms with Crippen LogP contribution in [0, 0.1) is 22.7 Å². The lowest BCUT2D eigenvalue weighted by atomic mass is 9.72. The fourth-order valence-electron chi connectivity index (χ4n) is 4.21. The summed E-state index contributed by atoms with van der Waals surface area (Å²) in [4.78, 5) is 14.1. The highest BCUT2D eigenvalue weighted by molar-refractivity contribution is 7.16. The molecule has 1 aliphatic rings. The molecule has 2 aromatic heterocycles. The first-order valence-corrected chi connectivity index (χ1v) is 11.6. The summed E-state index contributed by atoms with van der Waals surface area (Å²) in [5, 5.41) is 17.2. The van der Waals surface area contributed by atoms with Crippen LogP contribution in [0.3, 0.4) is 0 Å². The molecule has 8 heteroatoms. The molecule has 172 valence electrons. The normalized spacial score (nSPS) is 15.5. The highest BCUT2D eigenvalue weighted by Crippen LogP contribution is 2.44. The molecule has 0 saturated heterocycles. The number of anilines is 1. The van der Waals surface area contributed by atoms with Crippen molar-refractivity contribution in [2.24, 2.45) is 11.3 Å². The highest BCUT2D eigenvalue weighted by Gasteiger charge is 2.32. The average molecular weight is 466 g/mol. The van der Waals surface area contributed by atoms with E-state index in [9.17, 15) is 10.1 Å². The Bertz CT molecular complexity index is 1230. The second-order valence-corrected chi connectivity index (χ2v) is 10.3. The van der Waals surface area contributed by atoms with Crippen LogP contribution in [0.2, 0.25) is 0 Å². The average Bonchev–Trinajstić information content (AvgIpc) is 3.42. The standard InChI is InChI=1S/C25H27N3O4S/c1-25(2,3)15-7-8-16-17(13-26)24(33-22(16)11-15)27-23(29)18-12-20(32-28-18)14-6-9-19(30-4)21(10-14)31-5/h6,9-10,12,15H,7-8,11H2,1-5H3,(H,27,29). The molecule has 4 rings (SSSR count). The van der Waals surface area contributed by atoms with Gasteiger partial charge in [-0.2, -0.15) is 5.26 Å². The molecule has 1 amide bonds. The minimum Gasteiger partial charge on any atom is -0.493 e. The Balaban J connectivity index is 1.55. The fraction of sp³-hybridized carbons (Fsp3) is 0.400. The quantitative estimate of drug-likeness (QED) is 0.519. The summed E-state index contributed by atoms with van der Waals surface area (Å²) in [5.74, 6) is 1.72. The number of nitrogens with one attached hydrogen (secondary N) is 1. The molecule has 2 heterocycles. The van der Waals surface area contributed by atoms with Gasteiger partial charge in [0.25, 0.3) is 5.91 Å². The van der Waals surface area contributed by atoms with E-state index in [0.29, 0.717) is 39.3 Å². The lowest BCUT2D eigenvalue weighted by Gasteiger charge is -2.33. The van der Waals surface area contributed by atoms with Crippen LogP contribution in [0.25, 0.3) is 11.3 Å². The summed E-state index contributed by atoms with van der Waals surface area (Å²) in [6, 6.07) is 9.19. The summed E-state index contributed by atoms with van der Waals surface area (Å²) in [6.45, 7) is 6.76. The van der Waals surface area contributed by atoms with Gasteiger partial charge in [-0.15, -0.1) is 11.3 Å². The predicted octanol–water partition coefficient (Wildman–Crippen LogP) is 5.70. The van der Waals surface area contributed by atoms with Crippen molar-refractivity contribution in [3.05, 3.63) is 46.0 Å². The van der Waals surface area contributed by atoms with Gasteiger partial charge in [0.1, 0.15) is 11.1 Å². The summed E-state index contributed by atoms with van der Waals surface area (Å²) in [5.41, 5.74) is 2.70. The van der Waals surface area contributed by atoms with Crippen molar-refractivity contribution in [3.63, 3.8) is 0 Å². The summed E-state index contributed by atoms with van der Waals surface area (Å²) < 4.78 is 16.0. The zero-order valence-electron chi connectivity index (χ0n) is 19.4. The van der Waals surface area contributed by atoms with Gasteiger partial charge in [-0.1, -0.05) is 25.9 Å². The molecule has 1 aromatic carbocycles. The number of methoxy groups -OCH3 is 2. The van der Waals surface area contributed by atoms with Gasteiger partial charge in [0.15, 0.2) is 23.0 Å². The molecule has 0 bridgehead atoms. The third-order valence-electron chi connectivity index (χ3n) is 6.24. The monoisotopic (exact) mass is 465 g/mol. The number of hydrogen-bond acceptors (Lipinski definition) is 7. The Morgan fingerprint density at radius 1 is 1.24 bits per heavy atom.